The van der Waals surface area contributed by atoms with Gasteiger partial charge in [0.25, 0.3) is 5.91 Å². The second kappa shape index (κ2) is 8.43. The third kappa shape index (κ3) is 4.06. The molecule has 4 heterocycles. The van der Waals surface area contributed by atoms with E-state index in [-0.39, 0.29) is 5.91 Å². The molecule has 0 aliphatic carbocycles. The van der Waals surface area contributed by atoms with Gasteiger partial charge in [0.2, 0.25) is 0 Å². The van der Waals surface area contributed by atoms with E-state index in [1.807, 2.05) is 40.9 Å². The molecule has 0 saturated heterocycles. The molecule has 4 rings (SSSR count). The van der Waals surface area contributed by atoms with Gasteiger partial charge in [0.05, 0.1) is 5.69 Å². The number of pyridine rings is 2. The van der Waals surface area contributed by atoms with Gasteiger partial charge in [0.1, 0.15) is 11.5 Å². The summed E-state index contributed by atoms with van der Waals surface area (Å²) in [6.07, 6.45) is 9.17. The minimum Gasteiger partial charge on any atom is -0.351 e. The van der Waals surface area contributed by atoms with E-state index in [0.717, 1.165) is 48.4 Å². The van der Waals surface area contributed by atoms with E-state index in [2.05, 4.69) is 30.7 Å². The molecule has 4 aromatic rings. The number of unbranched alkanes of at least 4 members (excludes halogenated alkanes) is 2. The van der Waals surface area contributed by atoms with Crippen molar-refractivity contribution in [1.29, 1.82) is 0 Å². The number of amides is 1. The van der Waals surface area contributed by atoms with E-state index in [1.54, 1.807) is 18.5 Å². The molecule has 2 N–H and O–H groups in total. The molecular formula is C20H21N7O. The molecule has 0 bridgehead atoms. The number of carbonyl (C=O) groups excluding carboxylic acids is 1. The Labute approximate surface area is 162 Å². The third-order valence-electron chi connectivity index (χ3n) is 4.55. The molecule has 8 heteroatoms. The largest absolute Gasteiger partial charge is 0.351 e. The Bertz CT molecular complexity index is 1050. The molecule has 8 nitrogen and oxygen atoms in total. The van der Waals surface area contributed by atoms with Gasteiger partial charge >= 0.3 is 0 Å². The summed E-state index contributed by atoms with van der Waals surface area (Å²) in [4.78, 5) is 16.2. The van der Waals surface area contributed by atoms with Crippen LogP contribution >= 0.6 is 0 Å². The molecule has 0 fully saturated rings. The van der Waals surface area contributed by atoms with Gasteiger partial charge in [0, 0.05) is 37.1 Å². The van der Waals surface area contributed by atoms with Gasteiger partial charge in [-0.05, 0) is 43.2 Å². The molecular weight excluding hydrogens is 354 g/mol. The fourth-order valence-electron chi connectivity index (χ4n) is 3.05. The molecule has 4 aromatic heterocycles. The average molecular weight is 375 g/mol. The number of H-pyrrole nitrogens is 1. The highest BCUT2D eigenvalue weighted by Gasteiger charge is 2.10. The molecule has 0 aromatic carbocycles. The van der Waals surface area contributed by atoms with Crippen LogP contribution in [0, 0.1) is 0 Å². The summed E-state index contributed by atoms with van der Waals surface area (Å²) in [5, 5.41) is 18.3. The number of aromatic nitrogens is 6. The van der Waals surface area contributed by atoms with Crippen LogP contribution in [0.5, 0.6) is 0 Å². The quantitative estimate of drug-likeness (QED) is 0.461. The van der Waals surface area contributed by atoms with E-state index in [1.165, 1.54) is 0 Å². The van der Waals surface area contributed by atoms with Crippen molar-refractivity contribution >= 4 is 11.6 Å². The van der Waals surface area contributed by atoms with E-state index < -0.39 is 0 Å². The maximum Gasteiger partial charge on any atom is 0.269 e. The highest BCUT2D eigenvalue weighted by molar-refractivity contribution is 5.93. The number of fused-ring (bicyclic) bond motifs is 1. The number of aryl methyl sites for hydroxylation is 1. The fourth-order valence-corrected chi connectivity index (χ4v) is 3.05. The van der Waals surface area contributed by atoms with E-state index in [0.29, 0.717) is 12.2 Å². The highest BCUT2D eigenvalue weighted by Crippen LogP contribution is 2.16. The van der Waals surface area contributed by atoms with Crippen molar-refractivity contribution in [1.82, 2.24) is 35.1 Å². The van der Waals surface area contributed by atoms with Gasteiger partial charge in [-0.15, -0.1) is 10.2 Å². The molecule has 142 valence electrons. The molecule has 0 unspecified atom stereocenters. The lowest BCUT2D eigenvalue weighted by Crippen LogP contribution is -2.24. The summed E-state index contributed by atoms with van der Waals surface area (Å²) in [6, 6.07) is 11.3. The fraction of sp³-hybridized carbons (Fsp3) is 0.250. The van der Waals surface area contributed by atoms with Crippen molar-refractivity contribution in [3.8, 4) is 11.3 Å². The van der Waals surface area contributed by atoms with Crippen LogP contribution < -0.4 is 5.32 Å². The molecule has 1 amide bonds. The summed E-state index contributed by atoms with van der Waals surface area (Å²) in [5.41, 5.74) is 2.98. The van der Waals surface area contributed by atoms with Gasteiger partial charge in [0.15, 0.2) is 5.65 Å². The maximum absolute atomic E-state index is 12.2. The summed E-state index contributed by atoms with van der Waals surface area (Å²) in [5.74, 6) is 0.831. The Hall–Kier alpha value is -3.55. The predicted octanol–water partition coefficient (Wildman–Crippen LogP) is 2.66. The first-order valence-corrected chi connectivity index (χ1v) is 9.34. The minimum atomic E-state index is -0.142. The first-order chi connectivity index (χ1) is 13.8. The van der Waals surface area contributed by atoms with Crippen LogP contribution in [0.3, 0.4) is 0 Å². The molecule has 0 aliphatic heterocycles. The number of hydrogen-bond acceptors (Lipinski definition) is 5. The Kier molecular flexibility index (Phi) is 5.37. The third-order valence-corrected chi connectivity index (χ3v) is 4.55. The zero-order valence-electron chi connectivity index (χ0n) is 15.4. The van der Waals surface area contributed by atoms with Crippen molar-refractivity contribution in [2.75, 3.05) is 6.54 Å². The SMILES string of the molecule is O=C(NCCCCCc1nnc2ccccn12)c1cc(-c2ccncc2)n[nH]1. The van der Waals surface area contributed by atoms with Crippen LogP contribution in [0.15, 0.2) is 55.0 Å². The smallest absolute Gasteiger partial charge is 0.269 e. The molecule has 0 spiro atoms. The lowest BCUT2D eigenvalue weighted by molar-refractivity contribution is 0.0948. The van der Waals surface area contributed by atoms with Gasteiger partial charge in [-0.2, -0.15) is 5.10 Å². The zero-order valence-corrected chi connectivity index (χ0v) is 15.4. The highest BCUT2D eigenvalue weighted by atomic mass is 16.1. The topological polar surface area (TPSA) is 101 Å². The molecule has 0 atom stereocenters. The number of hydrogen-bond donors (Lipinski definition) is 2. The van der Waals surface area contributed by atoms with Crippen LogP contribution in [0.25, 0.3) is 16.9 Å². The van der Waals surface area contributed by atoms with Crippen molar-refractivity contribution in [2.24, 2.45) is 0 Å². The first-order valence-electron chi connectivity index (χ1n) is 9.34. The van der Waals surface area contributed by atoms with Crippen molar-refractivity contribution in [3.63, 3.8) is 0 Å². The maximum atomic E-state index is 12.2. The van der Waals surface area contributed by atoms with Gasteiger partial charge in [-0.1, -0.05) is 12.5 Å². The van der Waals surface area contributed by atoms with Crippen LogP contribution in [-0.2, 0) is 6.42 Å². The molecule has 0 radical (unpaired) electrons. The first kappa shape index (κ1) is 17.8. The van der Waals surface area contributed by atoms with E-state index in [9.17, 15) is 4.79 Å². The van der Waals surface area contributed by atoms with Crippen LogP contribution in [0.2, 0.25) is 0 Å². The summed E-state index contributed by atoms with van der Waals surface area (Å²) in [6.45, 7) is 0.628. The van der Waals surface area contributed by atoms with Crippen molar-refractivity contribution in [3.05, 3.63) is 66.5 Å². The predicted molar refractivity (Wildman–Crippen MR) is 105 cm³/mol. The summed E-state index contributed by atoms with van der Waals surface area (Å²) >= 11 is 0. The van der Waals surface area contributed by atoms with E-state index in [4.69, 9.17) is 0 Å². The Morgan fingerprint density at radius 2 is 1.96 bits per heavy atom. The zero-order chi connectivity index (χ0) is 19.2. The van der Waals surface area contributed by atoms with Gasteiger partial charge in [-0.3, -0.25) is 19.3 Å². The number of aromatic amines is 1. The van der Waals surface area contributed by atoms with Crippen LogP contribution in [-0.4, -0.2) is 42.2 Å². The van der Waals surface area contributed by atoms with Gasteiger partial charge < -0.3 is 5.32 Å². The number of nitrogens with one attached hydrogen (secondary N) is 2. The summed E-state index contributed by atoms with van der Waals surface area (Å²) in [7, 11) is 0. The van der Waals surface area contributed by atoms with Crippen LogP contribution in [0.4, 0.5) is 0 Å². The average Bonchev–Trinajstić information content (AvgIpc) is 3.39. The minimum absolute atomic E-state index is 0.142. The second-order valence-corrected chi connectivity index (χ2v) is 6.51. The monoisotopic (exact) mass is 375 g/mol. The van der Waals surface area contributed by atoms with Crippen molar-refractivity contribution < 1.29 is 4.79 Å². The number of carbonyl (C=O) groups is 1. The Morgan fingerprint density at radius 1 is 1.07 bits per heavy atom. The lowest BCUT2D eigenvalue weighted by atomic mass is 10.2. The van der Waals surface area contributed by atoms with E-state index >= 15 is 0 Å². The summed E-state index contributed by atoms with van der Waals surface area (Å²) < 4.78 is 2.01. The van der Waals surface area contributed by atoms with Crippen molar-refractivity contribution in [2.45, 2.75) is 25.7 Å². The Balaban J connectivity index is 1.19. The Morgan fingerprint density at radius 3 is 2.86 bits per heavy atom. The standard InChI is InChI=1S/C20H21N7O/c28-20(17-14-16(23-24-17)15-8-11-21-12-9-15)22-10-4-1-2-6-18-25-26-19-7-3-5-13-27(18)19/h3,5,7-9,11-14H,1-2,4,6,10H2,(H,22,28)(H,23,24). The normalized spacial score (nSPS) is 11.0. The van der Waals surface area contributed by atoms with Gasteiger partial charge in [-0.25, -0.2) is 0 Å². The number of rotatable bonds is 8. The molecule has 0 aliphatic rings. The number of nitrogens with zero attached hydrogens (tertiary/aromatic N) is 5. The second-order valence-electron chi connectivity index (χ2n) is 6.51. The lowest BCUT2D eigenvalue weighted by Gasteiger charge is -2.03. The molecule has 0 saturated carbocycles. The van der Waals surface area contributed by atoms with Crippen LogP contribution in [0.1, 0.15) is 35.6 Å². The molecule has 28 heavy (non-hydrogen) atoms.